The summed E-state index contributed by atoms with van der Waals surface area (Å²) >= 11 is 0. The average Bonchev–Trinajstić information content (AvgIpc) is 2.56. The summed E-state index contributed by atoms with van der Waals surface area (Å²) in [6.45, 7) is 7.15. The van der Waals surface area contributed by atoms with Gasteiger partial charge in [0.2, 0.25) is 0 Å². The molecule has 0 aromatic heterocycles. The Morgan fingerprint density at radius 3 is 2.54 bits per heavy atom. The molecule has 0 radical (unpaired) electrons. The fraction of sp³-hybridized carbons (Fsp3) is 0.588. The van der Waals surface area contributed by atoms with E-state index in [9.17, 15) is 15.2 Å². The predicted molar refractivity (Wildman–Crippen MR) is 93.9 cm³/mol. The van der Waals surface area contributed by atoms with Crippen LogP contribution in [-0.4, -0.2) is 46.6 Å². The quantitative estimate of drug-likeness (QED) is 0.373. The highest BCUT2D eigenvalue weighted by molar-refractivity contribution is 5.80. The lowest BCUT2D eigenvalue weighted by atomic mass is 10.1. The number of hydrogen-bond donors (Lipinski definition) is 2. The minimum atomic E-state index is -0.401. The molecule has 2 N–H and O–H groups in total. The first-order valence-electron chi connectivity index (χ1n) is 8.40. The molecule has 132 valence electrons. The van der Waals surface area contributed by atoms with E-state index in [1.54, 1.807) is 12.1 Å². The van der Waals surface area contributed by atoms with Crippen LogP contribution in [0.15, 0.2) is 29.3 Å². The maximum atomic E-state index is 10.7. The molecule has 1 aliphatic heterocycles. The SMILES string of the molecule is CC(C)CNC(=NCc1ccc([N+](=O)[O-])cc1)N1CCC(O)CC1. The molecule has 1 aromatic rings. The van der Waals surface area contributed by atoms with Gasteiger partial charge in [-0.2, -0.15) is 0 Å². The van der Waals surface area contributed by atoms with Gasteiger partial charge in [0.15, 0.2) is 5.96 Å². The number of nitro benzene ring substituents is 1. The van der Waals surface area contributed by atoms with Crippen LogP contribution in [0.25, 0.3) is 0 Å². The number of benzene rings is 1. The summed E-state index contributed by atoms with van der Waals surface area (Å²) in [5, 5.41) is 23.8. The number of nitrogens with one attached hydrogen (secondary N) is 1. The zero-order chi connectivity index (χ0) is 17.5. The lowest BCUT2D eigenvalue weighted by Gasteiger charge is -2.32. The number of rotatable bonds is 5. The molecule has 1 aliphatic rings. The summed E-state index contributed by atoms with van der Waals surface area (Å²) in [5.74, 6) is 1.35. The van der Waals surface area contributed by atoms with Crippen molar-refractivity contribution in [3.05, 3.63) is 39.9 Å². The van der Waals surface area contributed by atoms with Crippen LogP contribution in [0.2, 0.25) is 0 Å². The second-order valence-electron chi connectivity index (χ2n) is 6.56. The number of non-ortho nitro benzene ring substituents is 1. The molecule has 7 heteroatoms. The lowest BCUT2D eigenvalue weighted by Crippen LogP contribution is -2.47. The van der Waals surface area contributed by atoms with Crippen LogP contribution >= 0.6 is 0 Å². The van der Waals surface area contributed by atoms with Crippen LogP contribution < -0.4 is 5.32 Å². The largest absolute Gasteiger partial charge is 0.393 e. The summed E-state index contributed by atoms with van der Waals surface area (Å²) < 4.78 is 0. The summed E-state index contributed by atoms with van der Waals surface area (Å²) in [7, 11) is 0. The molecule has 1 saturated heterocycles. The number of likely N-dealkylation sites (tertiary alicyclic amines) is 1. The minimum Gasteiger partial charge on any atom is -0.393 e. The van der Waals surface area contributed by atoms with Gasteiger partial charge in [0, 0.05) is 31.8 Å². The Morgan fingerprint density at radius 1 is 1.38 bits per heavy atom. The van der Waals surface area contributed by atoms with Crippen LogP contribution in [-0.2, 0) is 6.54 Å². The molecule has 1 aromatic carbocycles. The fourth-order valence-corrected chi connectivity index (χ4v) is 2.53. The normalized spacial score (nSPS) is 16.5. The average molecular weight is 334 g/mol. The van der Waals surface area contributed by atoms with Crippen molar-refractivity contribution in [2.45, 2.75) is 39.3 Å². The number of piperidine rings is 1. The highest BCUT2D eigenvalue weighted by atomic mass is 16.6. The number of aliphatic imine (C=N–C) groups is 1. The molecule has 2 rings (SSSR count). The highest BCUT2D eigenvalue weighted by Gasteiger charge is 2.20. The number of guanidine groups is 1. The first-order chi connectivity index (χ1) is 11.5. The Kier molecular flexibility index (Phi) is 6.54. The second kappa shape index (κ2) is 8.63. The van der Waals surface area contributed by atoms with Gasteiger partial charge in [-0.05, 0) is 24.3 Å². The molecule has 0 unspecified atom stereocenters. The molecular weight excluding hydrogens is 308 g/mol. The molecule has 24 heavy (non-hydrogen) atoms. The van der Waals surface area contributed by atoms with Gasteiger partial charge in [0.25, 0.3) is 5.69 Å². The van der Waals surface area contributed by atoms with Crippen molar-refractivity contribution in [1.82, 2.24) is 10.2 Å². The van der Waals surface area contributed by atoms with Crippen molar-refractivity contribution in [2.75, 3.05) is 19.6 Å². The molecule has 7 nitrogen and oxygen atoms in total. The smallest absolute Gasteiger partial charge is 0.269 e. The Bertz CT molecular complexity index is 564. The van der Waals surface area contributed by atoms with Crippen molar-refractivity contribution in [1.29, 1.82) is 0 Å². The van der Waals surface area contributed by atoms with E-state index in [0.29, 0.717) is 12.5 Å². The van der Waals surface area contributed by atoms with Gasteiger partial charge >= 0.3 is 0 Å². The summed E-state index contributed by atoms with van der Waals surface area (Å²) in [6.07, 6.45) is 1.28. The molecular formula is C17H26N4O3. The van der Waals surface area contributed by atoms with Crippen LogP contribution in [0, 0.1) is 16.0 Å². The molecule has 0 amide bonds. The van der Waals surface area contributed by atoms with Crippen molar-refractivity contribution in [2.24, 2.45) is 10.9 Å². The highest BCUT2D eigenvalue weighted by Crippen LogP contribution is 2.14. The Hall–Kier alpha value is -2.15. The van der Waals surface area contributed by atoms with Crippen molar-refractivity contribution >= 4 is 11.6 Å². The van der Waals surface area contributed by atoms with E-state index in [-0.39, 0.29) is 11.8 Å². The lowest BCUT2D eigenvalue weighted by molar-refractivity contribution is -0.384. The van der Waals surface area contributed by atoms with Gasteiger partial charge in [0.1, 0.15) is 0 Å². The van der Waals surface area contributed by atoms with Crippen LogP contribution in [0.3, 0.4) is 0 Å². The third kappa shape index (κ3) is 5.49. The summed E-state index contributed by atoms with van der Waals surface area (Å²) in [4.78, 5) is 17.1. The van der Waals surface area contributed by atoms with Crippen LogP contribution in [0.1, 0.15) is 32.3 Å². The first kappa shape index (κ1) is 18.2. The molecule has 0 aliphatic carbocycles. The molecule has 0 spiro atoms. The predicted octanol–water partition coefficient (Wildman–Crippen LogP) is 2.15. The van der Waals surface area contributed by atoms with Crippen molar-refractivity contribution in [3.63, 3.8) is 0 Å². The van der Waals surface area contributed by atoms with E-state index < -0.39 is 4.92 Å². The monoisotopic (exact) mass is 334 g/mol. The van der Waals surface area contributed by atoms with Gasteiger partial charge in [0.05, 0.1) is 17.6 Å². The Morgan fingerprint density at radius 2 is 2.00 bits per heavy atom. The zero-order valence-corrected chi connectivity index (χ0v) is 14.3. The van der Waals surface area contributed by atoms with E-state index in [1.165, 1.54) is 12.1 Å². The summed E-state index contributed by atoms with van der Waals surface area (Å²) in [5.41, 5.74) is 1.02. The van der Waals surface area contributed by atoms with E-state index in [0.717, 1.165) is 44.0 Å². The topological polar surface area (TPSA) is 91.0 Å². The summed E-state index contributed by atoms with van der Waals surface area (Å²) in [6, 6.07) is 6.48. The maximum absolute atomic E-state index is 10.7. The van der Waals surface area contributed by atoms with E-state index >= 15 is 0 Å². The third-order valence-electron chi connectivity index (χ3n) is 3.99. The Balaban J connectivity index is 2.04. The molecule has 0 saturated carbocycles. The van der Waals surface area contributed by atoms with E-state index in [4.69, 9.17) is 0 Å². The van der Waals surface area contributed by atoms with Gasteiger partial charge in [-0.25, -0.2) is 4.99 Å². The van der Waals surface area contributed by atoms with Crippen LogP contribution in [0.5, 0.6) is 0 Å². The first-order valence-corrected chi connectivity index (χ1v) is 8.40. The standard InChI is InChI=1S/C17H26N4O3/c1-13(2)11-18-17(20-9-7-16(22)8-10-20)19-12-14-3-5-15(6-4-14)21(23)24/h3-6,13,16,22H,7-12H2,1-2H3,(H,18,19). The van der Waals surface area contributed by atoms with Crippen molar-refractivity contribution in [3.8, 4) is 0 Å². The van der Waals surface area contributed by atoms with Gasteiger partial charge in [-0.1, -0.05) is 26.0 Å². The second-order valence-corrected chi connectivity index (χ2v) is 6.56. The van der Waals surface area contributed by atoms with Gasteiger partial charge in [-0.15, -0.1) is 0 Å². The van der Waals surface area contributed by atoms with Crippen LogP contribution in [0.4, 0.5) is 5.69 Å². The van der Waals surface area contributed by atoms with E-state index in [1.807, 2.05) is 0 Å². The maximum Gasteiger partial charge on any atom is 0.269 e. The van der Waals surface area contributed by atoms with E-state index in [2.05, 4.69) is 29.1 Å². The molecule has 0 atom stereocenters. The number of hydrogen-bond acceptors (Lipinski definition) is 4. The van der Waals surface area contributed by atoms with Gasteiger partial charge in [-0.3, -0.25) is 10.1 Å². The molecule has 1 fully saturated rings. The van der Waals surface area contributed by atoms with Crippen molar-refractivity contribution < 1.29 is 10.0 Å². The number of aliphatic hydroxyl groups excluding tert-OH is 1. The fourth-order valence-electron chi connectivity index (χ4n) is 2.53. The Labute approximate surface area is 142 Å². The number of nitrogens with zero attached hydrogens (tertiary/aromatic N) is 3. The molecule has 1 heterocycles. The van der Waals surface area contributed by atoms with Gasteiger partial charge < -0.3 is 15.3 Å². The minimum absolute atomic E-state index is 0.0888. The number of nitro groups is 1. The molecule has 0 bridgehead atoms. The third-order valence-corrected chi connectivity index (χ3v) is 3.99. The number of aliphatic hydroxyl groups is 1. The zero-order valence-electron chi connectivity index (χ0n) is 14.3.